The lowest BCUT2D eigenvalue weighted by Crippen LogP contribution is -2.38. The summed E-state index contributed by atoms with van der Waals surface area (Å²) in [7, 11) is 0. The molecule has 0 bridgehead atoms. The maximum absolute atomic E-state index is 12.4. The van der Waals surface area contributed by atoms with E-state index < -0.39 is 23.6 Å². The Balaban J connectivity index is 2.75. The predicted octanol–water partition coefficient (Wildman–Crippen LogP) is 4.63. The Labute approximate surface area is 168 Å². The zero-order chi connectivity index (χ0) is 20.4. The molecule has 27 heavy (non-hydrogen) atoms. The van der Waals surface area contributed by atoms with Crippen molar-refractivity contribution in [3.63, 3.8) is 0 Å². The van der Waals surface area contributed by atoms with Crippen molar-refractivity contribution in [2.75, 3.05) is 13.2 Å². The van der Waals surface area contributed by atoms with Gasteiger partial charge in [0.2, 0.25) is 0 Å². The summed E-state index contributed by atoms with van der Waals surface area (Å²) in [5.74, 6) is -1.17. The molecule has 5 nitrogen and oxygen atoms in total. The third-order valence-corrected chi connectivity index (χ3v) is 3.71. The average molecular weight is 437 g/mol. The Morgan fingerprint density at radius 3 is 2.30 bits per heavy atom. The first-order valence-electron chi connectivity index (χ1n) is 8.37. The topological polar surface area (TPSA) is 61.8 Å². The van der Waals surface area contributed by atoms with Crippen molar-refractivity contribution in [2.45, 2.75) is 32.5 Å². The van der Waals surface area contributed by atoms with E-state index in [0.717, 1.165) is 4.47 Å². The van der Waals surface area contributed by atoms with Crippen molar-refractivity contribution in [1.29, 1.82) is 0 Å². The fourth-order valence-corrected chi connectivity index (χ4v) is 2.24. The summed E-state index contributed by atoms with van der Waals surface area (Å²) in [6.45, 7) is 12.4. The van der Waals surface area contributed by atoms with Gasteiger partial charge in [0.05, 0.1) is 11.2 Å². The average Bonchev–Trinajstić information content (AvgIpc) is 2.61. The fraction of sp³-hybridized carbons (Fsp3) is 0.333. The zero-order valence-corrected chi connectivity index (χ0v) is 17.5. The molecular formula is C21H25BrO5. The molecule has 0 spiro atoms. The fourth-order valence-electron chi connectivity index (χ4n) is 1.97. The molecule has 0 saturated heterocycles. The predicted molar refractivity (Wildman–Crippen MR) is 108 cm³/mol. The van der Waals surface area contributed by atoms with Crippen LogP contribution in [0.15, 0.2) is 65.7 Å². The van der Waals surface area contributed by atoms with Crippen molar-refractivity contribution >= 4 is 27.9 Å². The minimum Gasteiger partial charge on any atom is -0.459 e. The summed E-state index contributed by atoms with van der Waals surface area (Å²) in [4.78, 5) is 24.6. The van der Waals surface area contributed by atoms with E-state index in [1.807, 2.05) is 0 Å². The Hall–Kier alpha value is -2.18. The number of halogens is 1. The molecule has 0 radical (unpaired) electrons. The molecule has 0 aliphatic rings. The minimum absolute atomic E-state index is 0.0268. The molecule has 146 valence electrons. The van der Waals surface area contributed by atoms with Gasteiger partial charge in [0.1, 0.15) is 13.2 Å². The number of esters is 2. The van der Waals surface area contributed by atoms with Crippen molar-refractivity contribution in [3.05, 3.63) is 71.3 Å². The van der Waals surface area contributed by atoms with Crippen LogP contribution in [0.5, 0.6) is 0 Å². The molecule has 0 aliphatic carbocycles. The van der Waals surface area contributed by atoms with E-state index in [-0.39, 0.29) is 13.2 Å². The quantitative estimate of drug-likeness (QED) is 0.417. The van der Waals surface area contributed by atoms with Gasteiger partial charge >= 0.3 is 11.9 Å². The molecule has 1 unspecified atom stereocenters. The highest BCUT2D eigenvalue weighted by atomic mass is 79.9. The van der Waals surface area contributed by atoms with E-state index in [4.69, 9.17) is 14.2 Å². The number of ether oxygens (including phenoxy) is 3. The molecule has 0 heterocycles. The van der Waals surface area contributed by atoms with Crippen molar-refractivity contribution in [2.24, 2.45) is 0 Å². The van der Waals surface area contributed by atoms with Crippen molar-refractivity contribution in [3.8, 4) is 0 Å². The molecule has 0 saturated carbocycles. The van der Waals surface area contributed by atoms with Crippen LogP contribution in [0.25, 0.3) is 0 Å². The summed E-state index contributed by atoms with van der Waals surface area (Å²) in [5, 5.41) is 0. The van der Waals surface area contributed by atoms with Crippen LogP contribution in [0.4, 0.5) is 0 Å². The monoisotopic (exact) mass is 436 g/mol. The van der Waals surface area contributed by atoms with Gasteiger partial charge in [-0.2, -0.15) is 0 Å². The number of benzene rings is 1. The molecule has 0 aromatic heterocycles. The van der Waals surface area contributed by atoms with Gasteiger partial charge in [0.25, 0.3) is 0 Å². The van der Waals surface area contributed by atoms with E-state index in [9.17, 15) is 9.59 Å². The largest absolute Gasteiger partial charge is 0.459 e. The second-order valence-corrected chi connectivity index (χ2v) is 7.53. The molecule has 0 fully saturated rings. The standard InChI is InChI=1S/C21H25BrO5/c1-6-8-15(7-2)13-25-20(24)18(27-21(3,4)5)14-26-19(23)16-9-11-17(22)12-10-16/h6-12,18H,1-2,13-14H2,3-5H3/b15-8+. The van der Waals surface area contributed by atoms with E-state index in [1.165, 1.54) is 0 Å². The van der Waals surface area contributed by atoms with Crippen LogP contribution in [0, 0.1) is 0 Å². The summed E-state index contributed by atoms with van der Waals surface area (Å²) in [5.41, 5.74) is 0.454. The maximum atomic E-state index is 12.4. The van der Waals surface area contributed by atoms with Crippen molar-refractivity contribution in [1.82, 2.24) is 0 Å². The van der Waals surface area contributed by atoms with Crippen LogP contribution in [-0.2, 0) is 19.0 Å². The van der Waals surface area contributed by atoms with Gasteiger partial charge in [-0.25, -0.2) is 9.59 Å². The Kier molecular flexibility index (Phi) is 9.18. The van der Waals surface area contributed by atoms with Gasteiger partial charge in [0, 0.05) is 4.47 Å². The van der Waals surface area contributed by atoms with E-state index in [2.05, 4.69) is 29.1 Å². The number of hydrogen-bond donors (Lipinski definition) is 0. The van der Waals surface area contributed by atoms with Gasteiger partial charge in [0.15, 0.2) is 6.10 Å². The summed E-state index contributed by atoms with van der Waals surface area (Å²) in [6, 6.07) is 6.72. The number of rotatable bonds is 9. The van der Waals surface area contributed by atoms with Crippen LogP contribution in [-0.4, -0.2) is 36.9 Å². The highest BCUT2D eigenvalue weighted by molar-refractivity contribution is 9.10. The normalized spacial score (nSPS) is 12.8. The Bertz CT molecular complexity index is 698. The highest BCUT2D eigenvalue weighted by Crippen LogP contribution is 2.15. The van der Waals surface area contributed by atoms with Crippen LogP contribution in [0.3, 0.4) is 0 Å². The van der Waals surface area contributed by atoms with E-state index in [0.29, 0.717) is 11.1 Å². The van der Waals surface area contributed by atoms with Crippen molar-refractivity contribution < 1.29 is 23.8 Å². The number of allylic oxidation sites excluding steroid dienone is 2. The molecule has 1 aromatic rings. The first-order valence-corrected chi connectivity index (χ1v) is 9.16. The minimum atomic E-state index is -1.04. The number of hydrogen-bond acceptors (Lipinski definition) is 5. The summed E-state index contributed by atoms with van der Waals surface area (Å²) >= 11 is 3.30. The first-order chi connectivity index (χ1) is 12.7. The second-order valence-electron chi connectivity index (χ2n) is 6.61. The van der Waals surface area contributed by atoms with Gasteiger partial charge in [-0.05, 0) is 50.6 Å². The smallest absolute Gasteiger partial charge is 0.339 e. The molecule has 1 atom stereocenters. The highest BCUT2D eigenvalue weighted by Gasteiger charge is 2.28. The summed E-state index contributed by atoms with van der Waals surface area (Å²) in [6.07, 6.45) is 3.79. The van der Waals surface area contributed by atoms with Gasteiger partial charge in [-0.3, -0.25) is 0 Å². The zero-order valence-electron chi connectivity index (χ0n) is 15.9. The van der Waals surface area contributed by atoms with Crippen LogP contribution < -0.4 is 0 Å². The van der Waals surface area contributed by atoms with Gasteiger partial charge in [-0.1, -0.05) is 47.3 Å². The molecular weight excluding hydrogens is 412 g/mol. The molecule has 0 N–H and O–H groups in total. The van der Waals surface area contributed by atoms with Gasteiger partial charge < -0.3 is 14.2 Å². The molecule has 0 aliphatic heterocycles. The van der Waals surface area contributed by atoms with Gasteiger partial charge in [-0.15, -0.1) is 0 Å². The van der Waals surface area contributed by atoms with Crippen LogP contribution in [0.2, 0.25) is 0 Å². The first kappa shape index (κ1) is 22.9. The Morgan fingerprint density at radius 2 is 1.78 bits per heavy atom. The molecule has 1 aromatic carbocycles. The lowest BCUT2D eigenvalue weighted by atomic mass is 10.2. The SMILES string of the molecule is C=C/C=C(\C=C)COC(=O)C(COC(=O)c1ccc(Br)cc1)OC(C)(C)C. The number of carbonyl (C=O) groups excluding carboxylic acids is 2. The van der Waals surface area contributed by atoms with E-state index in [1.54, 1.807) is 63.3 Å². The van der Waals surface area contributed by atoms with E-state index >= 15 is 0 Å². The molecule has 1 rings (SSSR count). The third kappa shape index (κ3) is 8.84. The third-order valence-electron chi connectivity index (χ3n) is 3.18. The molecule has 0 amide bonds. The van der Waals surface area contributed by atoms with Crippen LogP contribution in [0.1, 0.15) is 31.1 Å². The lowest BCUT2D eigenvalue weighted by Gasteiger charge is -2.26. The Morgan fingerprint density at radius 1 is 1.15 bits per heavy atom. The lowest BCUT2D eigenvalue weighted by molar-refractivity contribution is -0.169. The summed E-state index contributed by atoms with van der Waals surface area (Å²) < 4.78 is 17.1. The van der Waals surface area contributed by atoms with Crippen LogP contribution >= 0.6 is 15.9 Å². The molecule has 6 heteroatoms. The second kappa shape index (κ2) is 10.8. The number of carbonyl (C=O) groups is 2. The maximum Gasteiger partial charge on any atom is 0.339 e.